The lowest BCUT2D eigenvalue weighted by atomic mass is 9.97. The molecule has 1 nitrogen and oxygen atoms in total. The van der Waals surface area contributed by atoms with Gasteiger partial charge < -0.3 is 5.32 Å². The van der Waals surface area contributed by atoms with E-state index in [0.29, 0.717) is 12.1 Å². The Bertz CT molecular complexity index is 564. The Balaban J connectivity index is 2.55. The third-order valence-electron chi connectivity index (χ3n) is 2.90. The Morgan fingerprint density at radius 2 is 1.78 bits per heavy atom. The Morgan fingerprint density at radius 3 is 2.50 bits per heavy atom. The van der Waals surface area contributed by atoms with Gasteiger partial charge in [0, 0.05) is 12.1 Å². The van der Waals surface area contributed by atoms with E-state index in [1.54, 1.807) is 0 Å². The molecule has 0 heterocycles. The zero-order chi connectivity index (χ0) is 13.1. The summed E-state index contributed by atoms with van der Waals surface area (Å²) in [6.45, 7) is 2.59. The topological polar surface area (TPSA) is 12.0 Å². The van der Waals surface area contributed by atoms with Gasteiger partial charge in [-0.25, -0.2) is 8.78 Å². The van der Waals surface area contributed by atoms with Crippen molar-refractivity contribution in [1.82, 2.24) is 5.32 Å². The fourth-order valence-electron chi connectivity index (χ4n) is 1.98. The molecule has 18 heavy (non-hydrogen) atoms. The van der Waals surface area contributed by atoms with Crippen LogP contribution in [0.25, 0.3) is 11.1 Å². The first-order chi connectivity index (χ1) is 8.61. The minimum absolute atomic E-state index is 0.311. The van der Waals surface area contributed by atoms with E-state index in [1.165, 1.54) is 6.07 Å². The molecule has 0 unspecified atom stereocenters. The van der Waals surface area contributed by atoms with E-state index in [1.807, 2.05) is 32.2 Å². The summed E-state index contributed by atoms with van der Waals surface area (Å²) in [7, 11) is 1.85. The van der Waals surface area contributed by atoms with Crippen molar-refractivity contribution in [2.45, 2.75) is 13.5 Å². The maximum absolute atomic E-state index is 13.8. The quantitative estimate of drug-likeness (QED) is 0.872. The minimum Gasteiger partial charge on any atom is -0.316 e. The van der Waals surface area contributed by atoms with Gasteiger partial charge in [-0.3, -0.25) is 0 Å². The number of hydrogen-bond acceptors (Lipinski definition) is 1. The Labute approximate surface area is 105 Å². The van der Waals surface area contributed by atoms with E-state index in [9.17, 15) is 8.78 Å². The van der Waals surface area contributed by atoms with Crippen molar-refractivity contribution < 1.29 is 8.78 Å². The molecule has 0 aromatic heterocycles. The lowest BCUT2D eigenvalue weighted by molar-refractivity contribution is 0.603. The van der Waals surface area contributed by atoms with E-state index in [2.05, 4.69) is 5.32 Å². The molecule has 1 N–H and O–H groups in total. The maximum atomic E-state index is 13.8. The molecule has 0 bridgehead atoms. The van der Waals surface area contributed by atoms with Gasteiger partial charge in [0.15, 0.2) is 0 Å². The first kappa shape index (κ1) is 12.7. The molecule has 2 aromatic rings. The number of aryl methyl sites for hydroxylation is 1. The number of rotatable bonds is 3. The van der Waals surface area contributed by atoms with Crippen molar-refractivity contribution >= 4 is 0 Å². The zero-order valence-electron chi connectivity index (χ0n) is 10.4. The highest BCUT2D eigenvalue weighted by molar-refractivity contribution is 5.68. The molecule has 0 saturated carbocycles. The van der Waals surface area contributed by atoms with Crippen LogP contribution in [0.4, 0.5) is 8.78 Å². The molecule has 0 atom stereocenters. The minimum atomic E-state index is -0.426. The summed E-state index contributed by atoms with van der Waals surface area (Å²) in [5.41, 5.74) is 3.02. The van der Waals surface area contributed by atoms with Crippen LogP contribution in [0.5, 0.6) is 0 Å². The van der Waals surface area contributed by atoms with Gasteiger partial charge >= 0.3 is 0 Å². The van der Waals surface area contributed by atoms with E-state index >= 15 is 0 Å². The van der Waals surface area contributed by atoms with Crippen LogP contribution in [0.15, 0.2) is 36.4 Å². The second-order valence-corrected chi connectivity index (χ2v) is 4.30. The molecule has 0 aliphatic heterocycles. The molecular weight excluding hydrogens is 232 g/mol. The number of hydrogen-bond donors (Lipinski definition) is 1. The summed E-state index contributed by atoms with van der Waals surface area (Å²) in [5.74, 6) is -0.828. The largest absolute Gasteiger partial charge is 0.316 e. The van der Waals surface area contributed by atoms with Crippen LogP contribution in [0, 0.1) is 18.6 Å². The Morgan fingerprint density at radius 1 is 1.00 bits per heavy atom. The molecule has 94 valence electrons. The highest BCUT2D eigenvalue weighted by atomic mass is 19.1. The van der Waals surface area contributed by atoms with E-state index in [0.717, 1.165) is 28.8 Å². The monoisotopic (exact) mass is 247 g/mol. The third kappa shape index (κ3) is 2.57. The van der Waals surface area contributed by atoms with Gasteiger partial charge in [-0.1, -0.05) is 12.1 Å². The van der Waals surface area contributed by atoms with Crippen LogP contribution in [0.3, 0.4) is 0 Å². The van der Waals surface area contributed by atoms with E-state index in [4.69, 9.17) is 0 Å². The van der Waals surface area contributed by atoms with E-state index < -0.39 is 11.6 Å². The molecule has 0 radical (unpaired) electrons. The Hall–Kier alpha value is -1.74. The van der Waals surface area contributed by atoms with Crippen molar-refractivity contribution in [3.8, 4) is 11.1 Å². The van der Waals surface area contributed by atoms with Gasteiger partial charge in [-0.2, -0.15) is 0 Å². The first-order valence-corrected chi connectivity index (χ1v) is 5.81. The molecule has 0 aliphatic rings. The summed E-state index contributed by atoms with van der Waals surface area (Å²) in [6, 6.07) is 9.32. The summed E-state index contributed by atoms with van der Waals surface area (Å²) >= 11 is 0. The molecule has 3 heteroatoms. The second kappa shape index (κ2) is 5.27. The maximum Gasteiger partial charge on any atom is 0.131 e. The van der Waals surface area contributed by atoms with Crippen LogP contribution in [-0.2, 0) is 6.54 Å². The van der Waals surface area contributed by atoms with Crippen LogP contribution in [-0.4, -0.2) is 7.05 Å². The van der Waals surface area contributed by atoms with Gasteiger partial charge in [0.1, 0.15) is 11.6 Å². The van der Waals surface area contributed by atoms with Gasteiger partial charge in [0.2, 0.25) is 0 Å². The summed E-state index contributed by atoms with van der Waals surface area (Å²) in [6.07, 6.45) is 0. The smallest absolute Gasteiger partial charge is 0.131 e. The Kier molecular flexibility index (Phi) is 3.72. The number of nitrogens with one attached hydrogen (secondary N) is 1. The van der Waals surface area contributed by atoms with Gasteiger partial charge in [0.05, 0.1) is 0 Å². The summed E-state index contributed by atoms with van der Waals surface area (Å²) in [5, 5.41) is 3.04. The van der Waals surface area contributed by atoms with E-state index in [-0.39, 0.29) is 0 Å². The average molecular weight is 247 g/mol. The highest BCUT2D eigenvalue weighted by Crippen LogP contribution is 2.27. The first-order valence-electron chi connectivity index (χ1n) is 5.81. The molecule has 0 amide bonds. The van der Waals surface area contributed by atoms with Crippen LogP contribution < -0.4 is 5.32 Å². The molecular formula is C15H15F2N. The lowest BCUT2D eigenvalue weighted by Gasteiger charge is -2.10. The SMILES string of the molecule is CNCc1ccc(C)c(-c2cc(F)ccc2F)c1. The van der Waals surface area contributed by atoms with Crippen molar-refractivity contribution in [2.24, 2.45) is 0 Å². The van der Waals surface area contributed by atoms with Crippen LogP contribution in [0.1, 0.15) is 11.1 Å². The molecule has 0 saturated heterocycles. The second-order valence-electron chi connectivity index (χ2n) is 4.30. The van der Waals surface area contributed by atoms with Gasteiger partial charge in [-0.15, -0.1) is 0 Å². The fourth-order valence-corrected chi connectivity index (χ4v) is 1.98. The highest BCUT2D eigenvalue weighted by Gasteiger charge is 2.09. The molecule has 2 rings (SSSR count). The predicted molar refractivity (Wildman–Crippen MR) is 69.3 cm³/mol. The fraction of sp³-hybridized carbons (Fsp3) is 0.200. The zero-order valence-corrected chi connectivity index (χ0v) is 10.4. The van der Waals surface area contributed by atoms with Crippen LogP contribution >= 0.6 is 0 Å². The molecule has 0 spiro atoms. The average Bonchev–Trinajstić information content (AvgIpc) is 2.35. The number of halogens is 2. The normalized spacial score (nSPS) is 10.7. The summed E-state index contributed by atoms with van der Waals surface area (Å²) in [4.78, 5) is 0. The standard InChI is InChI=1S/C15H15F2N/c1-10-3-4-11(9-18-2)7-13(10)14-8-12(16)5-6-15(14)17/h3-8,18H,9H2,1-2H3. The molecule has 2 aromatic carbocycles. The number of benzene rings is 2. The lowest BCUT2D eigenvalue weighted by Crippen LogP contribution is -2.05. The van der Waals surface area contributed by atoms with Gasteiger partial charge in [-0.05, 0) is 54.9 Å². The van der Waals surface area contributed by atoms with Crippen molar-refractivity contribution in [3.05, 3.63) is 59.2 Å². The van der Waals surface area contributed by atoms with Crippen molar-refractivity contribution in [3.63, 3.8) is 0 Å². The van der Waals surface area contributed by atoms with Crippen LogP contribution in [0.2, 0.25) is 0 Å². The predicted octanol–water partition coefficient (Wildman–Crippen LogP) is 3.66. The third-order valence-corrected chi connectivity index (χ3v) is 2.90. The molecule has 0 fully saturated rings. The van der Waals surface area contributed by atoms with Crippen molar-refractivity contribution in [1.29, 1.82) is 0 Å². The van der Waals surface area contributed by atoms with Crippen molar-refractivity contribution in [2.75, 3.05) is 7.05 Å². The molecule has 0 aliphatic carbocycles. The van der Waals surface area contributed by atoms with Gasteiger partial charge in [0.25, 0.3) is 0 Å². The summed E-state index contributed by atoms with van der Waals surface area (Å²) < 4.78 is 27.0.